The van der Waals surface area contributed by atoms with Gasteiger partial charge in [0.1, 0.15) is 5.67 Å². The predicted molar refractivity (Wildman–Crippen MR) is 176 cm³/mol. The van der Waals surface area contributed by atoms with Crippen LogP contribution in [-0.4, -0.2) is 42.7 Å². The lowest BCUT2D eigenvalue weighted by molar-refractivity contribution is 0.0268. The van der Waals surface area contributed by atoms with Gasteiger partial charge in [-0.3, -0.25) is 4.98 Å². The summed E-state index contributed by atoms with van der Waals surface area (Å²) in [6, 6.07) is 16.9. The molecule has 1 aliphatic carbocycles. The Balaban J connectivity index is 1.45. The zero-order valence-electron chi connectivity index (χ0n) is 26.6. The maximum Gasteiger partial charge on any atom is 0.192 e. The first-order valence-corrected chi connectivity index (χ1v) is 19.1. The molecule has 3 aromatic heterocycles. The highest BCUT2D eigenvalue weighted by molar-refractivity contribution is 7.84. The monoisotopic (exact) mass is 621 g/mol. The molecular weight excluding hydrogens is 578 g/mol. The Hall–Kier alpha value is -2.79. The van der Waals surface area contributed by atoms with Gasteiger partial charge in [-0.1, -0.05) is 45.0 Å². The lowest BCUT2D eigenvalue weighted by Crippen LogP contribution is -2.49. The van der Waals surface area contributed by atoms with E-state index in [1.165, 1.54) is 0 Å². The number of hydrogen-bond donors (Lipinski definition) is 1. The summed E-state index contributed by atoms with van der Waals surface area (Å²) in [6.07, 6.45) is 3.50. The molecule has 5 rings (SSSR count). The largest absolute Gasteiger partial charge is 0.411 e. The summed E-state index contributed by atoms with van der Waals surface area (Å²) in [5.41, 5.74) is 2.43. The maximum atomic E-state index is 15.9. The highest BCUT2D eigenvalue weighted by atomic mass is 32.2. The quantitative estimate of drug-likeness (QED) is 0.192. The molecule has 2 unspecified atom stereocenters. The molecule has 0 radical (unpaired) electrons. The highest BCUT2D eigenvalue weighted by Gasteiger charge is 2.47. The molecule has 1 N–H and O–H groups in total. The number of aromatic nitrogens is 4. The Bertz CT molecular complexity index is 1640. The molecule has 0 aliphatic heterocycles. The normalized spacial score (nSPS) is 17.0. The fourth-order valence-electron chi connectivity index (χ4n) is 4.79. The van der Waals surface area contributed by atoms with Crippen LogP contribution in [0, 0.1) is 0 Å². The van der Waals surface area contributed by atoms with Crippen molar-refractivity contribution in [2.75, 3.05) is 0 Å². The predicted octanol–water partition coefficient (Wildman–Crippen LogP) is 7.99. The van der Waals surface area contributed by atoms with Gasteiger partial charge in [0.25, 0.3) is 0 Å². The maximum absolute atomic E-state index is 15.9. The Labute approximate surface area is 258 Å². The number of nitrogens with zero attached hydrogens (tertiary/aromatic N) is 4. The molecule has 1 aliphatic rings. The molecule has 4 aromatic rings. The van der Waals surface area contributed by atoms with Crippen LogP contribution in [0.5, 0.6) is 0 Å². The number of halogens is 1. The molecule has 43 heavy (non-hydrogen) atoms. The van der Waals surface area contributed by atoms with Gasteiger partial charge in [-0.05, 0) is 88.5 Å². The minimum atomic E-state index is -1.92. The van der Waals surface area contributed by atoms with Crippen molar-refractivity contribution in [1.82, 2.24) is 24.5 Å². The van der Waals surface area contributed by atoms with Gasteiger partial charge in [-0.25, -0.2) is 23.0 Å². The van der Waals surface area contributed by atoms with Gasteiger partial charge in [0.2, 0.25) is 0 Å². The minimum absolute atomic E-state index is 0.118. The summed E-state index contributed by atoms with van der Waals surface area (Å²) in [7, 11) is -3.36. The summed E-state index contributed by atoms with van der Waals surface area (Å²) in [6.45, 7) is 17.3. The number of rotatable bonds is 9. The van der Waals surface area contributed by atoms with E-state index in [2.05, 4.69) is 43.7 Å². The molecule has 0 saturated heterocycles. The van der Waals surface area contributed by atoms with Crippen LogP contribution < -0.4 is 4.72 Å². The SMILES string of the molecule is CC(C)(C)S(=O)NC(c1cccc(-c2ccc3cnn(-c4cccc(CO[Si](C)(C)C(C)(C)C)n4)c3c2)n1)C1(F)CCC1. The summed E-state index contributed by atoms with van der Waals surface area (Å²) in [4.78, 5) is 9.79. The molecule has 0 amide bonds. The Morgan fingerprint density at radius 2 is 1.77 bits per heavy atom. The number of nitrogens with one attached hydrogen (secondary N) is 1. The van der Waals surface area contributed by atoms with Crippen LogP contribution in [0.15, 0.2) is 60.8 Å². The van der Waals surface area contributed by atoms with Gasteiger partial charge >= 0.3 is 0 Å². The van der Waals surface area contributed by atoms with Crippen molar-refractivity contribution in [2.24, 2.45) is 0 Å². The first-order chi connectivity index (χ1) is 20.1. The minimum Gasteiger partial charge on any atom is -0.411 e. The van der Waals surface area contributed by atoms with E-state index in [9.17, 15) is 4.21 Å². The molecule has 230 valence electrons. The second-order valence-electron chi connectivity index (χ2n) is 14.1. The molecule has 10 heteroatoms. The molecule has 2 atom stereocenters. The standard InChI is InChI=1S/C33H44FN5O2SSi/c1-31(2,3)42(40)38-30(33(34)18-11-19-33)27-14-10-13-26(37-27)23-16-17-24-21-35-39(28(24)20-23)29-15-9-12-25(36-29)22-41-43(7,8)32(4,5)6/h9-10,12-17,20-21,30,38H,11,18-19,22H2,1-8H3. The first-order valence-electron chi connectivity index (χ1n) is 15.0. The summed E-state index contributed by atoms with van der Waals surface area (Å²) in [5.74, 6) is 0.712. The van der Waals surface area contributed by atoms with Crippen LogP contribution in [0.25, 0.3) is 28.0 Å². The van der Waals surface area contributed by atoms with Crippen LogP contribution in [0.2, 0.25) is 18.1 Å². The van der Waals surface area contributed by atoms with Crippen LogP contribution in [0.3, 0.4) is 0 Å². The average Bonchev–Trinajstić information content (AvgIpc) is 3.36. The zero-order chi connectivity index (χ0) is 31.2. The summed E-state index contributed by atoms with van der Waals surface area (Å²) >= 11 is 0. The third kappa shape index (κ3) is 6.67. The molecule has 1 saturated carbocycles. The van der Waals surface area contributed by atoms with Crippen LogP contribution >= 0.6 is 0 Å². The Morgan fingerprint density at radius 1 is 1.05 bits per heavy atom. The van der Waals surface area contributed by atoms with Crippen molar-refractivity contribution in [3.8, 4) is 17.1 Å². The topological polar surface area (TPSA) is 81.9 Å². The van der Waals surface area contributed by atoms with Gasteiger partial charge in [-0.15, -0.1) is 0 Å². The molecule has 0 spiro atoms. The van der Waals surface area contributed by atoms with Gasteiger partial charge in [0.15, 0.2) is 14.1 Å². The molecule has 1 fully saturated rings. The second kappa shape index (κ2) is 11.6. The smallest absolute Gasteiger partial charge is 0.192 e. The van der Waals surface area contributed by atoms with Crippen molar-refractivity contribution < 1.29 is 13.0 Å². The number of pyridine rings is 2. The van der Waals surface area contributed by atoms with E-state index in [-0.39, 0.29) is 5.04 Å². The van der Waals surface area contributed by atoms with Crippen molar-refractivity contribution in [1.29, 1.82) is 0 Å². The lowest BCUT2D eigenvalue weighted by atomic mass is 9.75. The number of hydrogen-bond acceptors (Lipinski definition) is 5. The van der Waals surface area contributed by atoms with Gasteiger partial charge in [-0.2, -0.15) is 5.10 Å². The molecule has 1 aromatic carbocycles. The molecule has 0 bridgehead atoms. The van der Waals surface area contributed by atoms with E-state index >= 15 is 4.39 Å². The number of fused-ring (bicyclic) bond motifs is 1. The van der Waals surface area contributed by atoms with E-state index in [0.29, 0.717) is 36.7 Å². The van der Waals surface area contributed by atoms with Crippen LogP contribution in [0.1, 0.15) is 78.2 Å². The lowest BCUT2D eigenvalue weighted by Gasteiger charge is -2.41. The zero-order valence-corrected chi connectivity index (χ0v) is 28.4. The van der Waals surface area contributed by atoms with Crippen molar-refractivity contribution in [3.05, 3.63) is 72.2 Å². The van der Waals surface area contributed by atoms with Gasteiger partial charge in [0, 0.05) is 10.9 Å². The summed E-state index contributed by atoms with van der Waals surface area (Å²) < 4.78 is 39.7. The molecule has 7 nitrogen and oxygen atoms in total. The van der Waals surface area contributed by atoms with Gasteiger partial charge < -0.3 is 4.43 Å². The third-order valence-corrected chi connectivity index (χ3v) is 14.9. The van der Waals surface area contributed by atoms with E-state index in [0.717, 1.165) is 28.6 Å². The highest BCUT2D eigenvalue weighted by Crippen LogP contribution is 2.46. The van der Waals surface area contributed by atoms with Crippen LogP contribution in [0.4, 0.5) is 4.39 Å². The van der Waals surface area contributed by atoms with E-state index < -0.39 is 35.8 Å². The third-order valence-electron chi connectivity index (χ3n) is 8.81. The fourth-order valence-corrected chi connectivity index (χ4v) is 6.63. The van der Waals surface area contributed by atoms with E-state index in [1.807, 2.05) is 86.2 Å². The van der Waals surface area contributed by atoms with Crippen molar-refractivity contribution in [2.45, 2.75) is 102 Å². The average molecular weight is 622 g/mol. The van der Waals surface area contributed by atoms with E-state index in [1.54, 1.807) is 0 Å². The first kappa shape index (κ1) is 31.6. The second-order valence-corrected chi connectivity index (χ2v) is 20.9. The summed E-state index contributed by atoms with van der Waals surface area (Å²) in [5, 5.41) is 5.74. The van der Waals surface area contributed by atoms with Crippen LogP contribution in [-0.2, 0) is 22.0 Å². The fraction of sp³-hybridized carbons (Fsp3) is 0.485. The Kier molecular flexibility index (Phi) is 8.54. The van der Waals surface area contributed by atoms with E-state index in [4.69, 9.17) is 14.4 Å². The number of alkyl halides is 1. The van der Waals surface area contributed by atoms with Crippen molar-refractivity contribution in [3.63, 3.8) is 0 Å². The molecule has 3 heterocycles. The van der Waals surface area contributed by atoms with Gasteiger partial charge in [0.05, 0.1) is 57.2 Å². The number of benzene rings is 1. The van der Waals surface area contributed by atoms with Crippen molar-refractivity contribution >= 4 is 30.2 Å². The Morgan fingerprint density at radius 3 is 2.42 bits per heavy atom. The molecular formula is C33H44FN5O2SSi.